The third-order valence-corrected chi connectivity index (χ3v) is 5.12. The van der Waals surface area contributed by atoms with E-state index in [4.69, 9.17) is 9.84 Å². The Hall–Kier alpha value is -1.93. The maximum Gasteiger partial charge on any atom is 0.332 e. The predicted molar refractivity (Wildman–Crippen MR) is 87.0 cm³/mol. The number of rotatable bonds is 3. The Morgan fingerprint density at radius 1 is 1.08 bits per heavy atom. The highest BCUT2D eigenvalue weighted by Crippen LogP contribution is 2.22. The first-order valence-electron chi connectivity index (χ1n) is 8.05. The second kappa shape index (κ2) is 7.31. The molecule has 1 N–H and O–H groups in total. The molecular weight excluding hydrogens is 332 g/mol. The van der Waals surface area contributed by atoms with Gasteiger partial charge in [-0.15, -0.1) is 0 Å². The number of amides is 2. The van der Waals surface area contributed by atoms with Crippen LogP contribution >= 0.6 is 11.3 Å². The number of hydrogen-bond acceptors (Lipinski definition) is 5. The third kappa shape index (κ3) is 3.59. The second-order valence-electron chi connectivity index (χ2n) is 6.01. The van der Waals surface area contributed by atoms with E-state index in [0.29, 0.717) is 51.0 Å². The van der Waals surface area contributed by atoms with Gasteiger partial charge in [0.1, 0.15) is 6.10 Å². The van der Waals surface area contributed by atoms with Gasteiger partial charge in [0.25, 0.3) is 11.8 Å². The molecule has 0 unspecified atom stereocenters. The summed E-state index contributed by atoms with van der Waals surface area (Å²) in [5.41, 5.74) is 0.684. The summed E-state index contributed by atoms with van der Waals surface area (Å²) in [6, 6.07) is 1.80. The molecule has 2 atom stereocenters. The number of carbonyl (C=O) groups excluding carboxylic acids is 2. The number of nitrogens with zero attached hydrogens (tertiary/aromatic N) is 2. The van der Waals surface area contributed by atoms with Gasteiger partial charge in [0.2, 0.25) is 0 Å². The highest BCUT2D eigenvalue weighted by atomic mass is 32.1. The molecule has 0 saturated carbocycles. The minimum atomic E-state index is -1.02. The highest BCUT2D eigenvalue weighted by molar-refractivity contribution is 7.08. The summed E-state index contributed by atoms with van der Waals surface area (Å²) >= 11 is 1.49. The Bertz CT molecular complexity index is 618. The average molecular weight is 352 g/mol. The summed E-state index contributed by atoms with van der Waals surface area (Å²) in [4.78, 5) is 39.3. The van der Waals surface area contributed by atoms with E-state index >= 15 is 0 Å². The minimum Gasteiger partial charge on any atom is -0.479 e. The van der Waals surface area contributed by atoms with Crippen molar-refractivity contribution in [3.8, 4) is 0 Å². The molecule has 24 heavy (non-hydrogen) atoms. The number of carboxylic acid groups (broad SMARTS) is 1. The topological polar surface area (TPSA) is 87.2 Å². The second-order valence-corrected chi connectivity index (χ2v) is 6.79. The normalized spacial score (nSPS) is 24.7. The summed E-state index contributed by atoms with van der Waals surface area (Å²) in [6.45, 7) is 2.10. The van der Waals surface area contributed by atoms with Crippen molar-refractivity contribution in [3.05, 3.63) is 22.4 Å². The molecule has 8 heteroatoms. The molecule has 130 valence electrons. The molecule has 1 aromatic rings. The van der Waals surface area contributed by atoms with Crippen molar-refractivity contribution in [2.45, 2.75) is 31.5 Å². The highest BCUT2D eigenvalue weighted by Gasteiger charge is 2.37. The van der Waals surface area contributed by atoms with E-state index in [0.717, 1.165) is 0 Å². The van der Waals surface area contributed by atoms with Crippen molar-refractivity contribution < 1.29 is 24.2 Å². The lowest BCUT2D eigenvalue weighted by Crippen LogP contribution is -2.42. The van der Waals surface area contributed by atoms with Crippen molar-refractivity contribution in [1.82, 2.24) is 9.80 Å². The van der Waals surface area contributed by atoms with Crippen LogP contribution in [0.15, 0.2) is 16.8 Å². The fourth-order valence-corrected chi connectivity index (χ4v) is 3.74. The van der Waals surface area contributed by atoms with Gasteiger partial charge in [-0.3, -0.25) is 9.59 Å². The Labute approximate surface area is 143 Å². The molecule has 0 aliphatic carbocycles. The van der Waals surface area contributed by atoms with Crippen LogP contribution in [0.4, 0.5) is 0 Å². The maximum atomic E-state index is 12.5. The molecule has 0 aromatic carbocycles. The third-order valence-electron chi connectivity index (χ3n) is 4.43. The van der Waals surface area contributed by atoms with E-state index < -0.39 is 18.2 Å². The quantitative estimate of drug-likeness (QED) is 0.879. The van der Waals surface area contributed by atoms with Crippen LogP contribution in [0.3, 0.4) is 0 Å². The van der Waals surface area contributed by atoms with Crippen LogP contribution in [-0.4, -0.2) is 71.1 Å². The van der Waals surface area contributed by atoms with Crippen molar-refractivity contribution in [3.63, 3.8) is 0 Å². The van der Waals surface area contributed by atoms with Crippen molar-refractivity contribution in [2.24, 2.45) is 0 Å². The van der Waals surface area contributed by atoms with Crippen LogP contribution in [0, 0.1) is 0 Å². The summed E-state index contributed by atoms with van der Waals surface area (Å²) < 4.78 is 5.34. The minimum absolute atomic E-state index is 0.00592. The Morgan fingerprint density at radius 2 is 1.79 bits per heavy atom. The summed E-state index contributed by atoms with van der Waals surface area (Å²) in [6.07, 6.45) is -0.0593. The zero-order valence-corrected chi connectivity index (χ0v) is 14.0. The van der Waals surface area contributed by atoms with Crippen LogP contribution in [0.5, 0.6) is 0 Å². The van der Waals surface area contributed by atoms with Crippen LogP contribution in [0.1, 0.15) is 29.6 Å². The van der Waals surface area contributed by atoms with E-state index in [1.54, 1.807) is 15.9 Å². The van der Waals surface area contributed by atoms with E-state index in [9.17, 15) is 14.4 Å². The van der Waals surface area contributed by atoms with Gasteiger partial charge < -0.3 is 19.6 Å². The SMILES string of the molecule is O=C(O)[C@H]1CC[C@@H](C(=O)N2CCCN(C(=O)c3ccsc3)CC2)O1. The van der Waals surface area contributed by atoms with Gasteiger partial charge in [0.15, 0.2) is 6.10 Å². The van der Waals surface area contributed by atoms with Crippen LogP contribution in [0.2, 0.25) is 0 Å². The largest absolute Gasteiger partial charge is 0.479 e. The Morgan fingerprint density at radius 3 is 2.46 bits per heavy atom. The number of carboxylic acids is 1. The summed E-state index contributed by atoms with van der Waals surface area (Å²) in [5, 5.41) is 12.7. The lowest BCUT2D eigenvalue weighted by atomic mass is 10.2. The first-order valence-corrected chi connectivity index (χ1v) is 8.99. The molecule has 0 radical (unpaired) electrons. The lowest BCUT2D eigenvalue weighted by Gasteiger charge is -2.24. The van der Waals surface area contributed by atoms with E-state index in [1.165, 1.54) is 11.3 Å². The smallest absolute Gasteiger partial charge is 0.332 e. The number of hydrogen-bond donors (Lipinski definition) is 1. The van der Waals surface area contributed by atoms with Crippen LogP contribution < -0.4 is 0 Å². The molecular formula is C16H20N2O5S. The summed E-state index contributed by atoms with van der Waals surface area (Å²) in [5.74, 6) is -1.19. The molecule has 0 spiro atoms. The Kier molecular flexibility index (Phi) is 5.15. The summed E-state index contributed by atoms with van der Waals surface area (Å²) in [7, 11) is 0. The van der Waals surface area contributed by atoms with E-state index in [-0.39, 0.29) is 11.8 Å². The molecule has 2 amide bonds. The Balaban J connectivity index is 1.56. The molecule has 0 bridgehead atoms. The number of ether oxygens (including phenoxy) is 1. The average Bonchev–Trinajstić information content (AvgIpc) is 3.21. The lowest BCUT2D eigenvalue weighted by molar-refractivity contribution is -0.154. The van der Waals surface area contributed by atoms with Crippen molar-refractivity contribution in [2.75, 3.05) is 26.2 Å². The predicted octanol–water partition coefficient (Wildman–Crippen LogP) is 1.05. The monoisotopic (exact) mass is 352 g/mol. The van der Waals surface area contributed by atoms with Gasteiger partial charge in [-0.05, 0) is 30.7 Å². The zero-order chi connectivity index (χ0) is 17.1. The molecule has 2 aliphatic heterocycles. The maximum absolute atomic E-state index is 12.5. The van der Waals surface area contributed by atoms with Gasteiger partial charge >= 0.3 is 5.97 Å². The van der Waals surface area contributed by atoms with Gasteiger partial charge in [-0.2, -0.15) is 11.3 Å². The molecule has 3 rings (SSSR count). The molecule has 3 heterocycles. The number of carbonyl (C=O) groups is 3. The van der Waals surface area contributed by atoms with Crippen molar-refractivity contribution in [1.29, 1.82) is 0 Å². The van der Waals surface area contributed by atoms with Crippen LogP contribution in [0.25, 0.3) is 0 Å². The fourth-order valence-electron chi connectivity index (χ4n) is 3.11. The zero-order valence-electron chi connectivity index (χ0n) is 13.2. The first-order chi connectivity index (χ1) is 11.6. The number of aliphatic carboxylic acids is 1. The van der Waals surface area contributed by atoms with E-state index in [2.05, 4.69) is 0 Å². The molecule has 2 fully saturated rings. The molecule has 2 aliphatic rings. The first kappa shape index (κ1) is 16.9. The van der Waals surface area contributed by atoms with Gasteiger partial charge in [-0.1, -0.05) is 0 Å². The fraction of sp³-hybridized carbons (Fsp3) is 0.562. The van der Waals surface area contributed by atoms with Gasteiger partial charge in [0.05, 0.1) is 5.56 Å². The van der Waals surface area contributed by atoms with Gasteiger partial charge in [-0.25, -0.2) is 4.79 Å². The van der Waals surface area contributed by atoms with Gasteiger partial charge in [0, 0.05) is 31.6 Å². The standard InChI is InChI=1S/C16H20N2O5S/c19-14(11-4-9-24-10-11)17-5-1-6-18(8-7-17)15(20)12-2-3-13(23-12)16(21)22/h4,9-10,12-13H,1-3,5-8H2,(H,21,22)/t12-,13+/m0/s1. The van der Waals surface area contributed by atoms with Crippen LogP contribution in [-0.2, 0) is 14.3 Å². The van der Waals surface area contributed by atoms with Crippen molar-refractivity contribution >= 4 is 29.1 Å². The van der Waals surface area contributed by atoms with E-state index in [1.807, 2.05) is 10.8 Å². The molecule has 2 saturated heterocycles. The molecule has 7 nitrogen and oxygen atoms in total. The molecule has 1 aromatic heterocycles. The number of thiophene rings is 1.